The number of nitrogen functional groups attached to an aromatic ring is 1. The molecule has 0 radical (unpaired) electrons. The first-order valence-corrected chi connectivity index (χ1v) is 7.76. The van der Waals surface area contributed by atoms with Gasteiger partial charge in [-0.15, -0.1) is 0 Å². The number of nitrogens with zero attached hydrogens (tertiary/aromatic N) is 1. The van der Waals surface area contributed by atoms with Gasteiger partial charge in [-0.2, -0.15) is 0 Å². The number of para-hydroxylation sites is 1. The molecule has 0 aliphatic heterocycles. The van der Waals surface area contributed by atoms with Gasteiger partial charge in [0.2, 0.25) is 0 Å². The number of aromatic nitrogens is 1. The number of anilines is 2. The second-order valence-electron chi connectivity index (χ2n) is 4.59. The van der Waals surface area contributed by atoms with Crippen LogP contribution in [0.1, 0.15) is 0 Å². The lowest BCUT2D eigenvalue weighted by Crippen LogP contribution is -2.13. The van der Waals surface area contributed by atoms with E-state index in [1.54, 1.807) is 18.2 Å². The fraction of sp³-hybridized carbons (Fsp3) is 0. The largest absolute Gasteiger partial charge is 0.399 e. The summed E-state index contributed by atoms with van der Waals surface area (Å²) in [7, 11) is -3.64. The Morgan fingerprint density at radius 3 is 2.48 bits per heavy atom. The molecule has 1 aromatic heterocycles. The summed E-state index contributed by atoms with van der Waals surface area (Å²) in [6, 6.07) is 15.3. The first-order valence-electron chi connectivity index (χ1n) is 6.28. The summed E-state index contributed by atoms with van der Waals surface area (Å²) in [4.78, 5) is 4.38. The Hall–Kier alpha value is -2.60. The van der Waals surface area contributed by atoms with E-state index < -0.39 is 10.0 Å². The highest BCUT2D eigenvalue weighted by atomic mass is 32.2. The zero-order valence-electron chi connectivity index (χ0n) is 11.0. The Kier molecular flexibility index (Phi) is 3.23. The number of rotatable bonds is 3. The van der Waals surface area contributed by atoms with Crippen LogP contribution in [0.25, 0.3) is 10.9 Å². The minimum atomic E-state index is -3.64. The van der Waals surface area contributed by atoms with Crippen LogP contribution in [0.4, 0.5) is 11.4 Å². The van der Waals surface area contributed by atoms with Gasteiger partial charge in [-0.05, 0) is 36.4 Å². The van der Waals surface area contributed by atoms with Crippen molar-refractivity contribution in [1.82, 2.24) is 4.98 Å². The van der Waals surface area contributed by atoms with Crippen molar-refractivity contribution in [2.75, 3.05) is 10.5 Å². The van der Waals surface area contributed by atoms with Crippen LogP contribution in [0.5, 0.6) is 0 Å². The molecule has 106 valence electrons. The smallest absolute Gasteiger partial charge is 0.261 e. The van der Waals surface area contributed by atoms with Gasteiger partial charge in [-0.1, -0.05) is 18.2 Å². The molecule has 0 unspecified atom stereocenters. The maximum atomic E-state index is 12.3. The molecule has 0 fully saturated rings. The van der Waals surface area contributed by atoms with Gasteiger partial charge in [0, 0.05) is 11.1 Å². The summed E-state index contributed by atoms with van der Waals surface area (Å²) >= 11 is 0. The summed E-state index contributed by atoms with van der Waals surface area (Å²) in [6.45, 7) is 0. The van der Waals surface area contributed by atoms with Crippen molar-refractivity contribution in [1.29, 1.82) is 0 Å². The van der Waals surface area contributed by atoms with Crippen LogP contribution in [-0.2, 0) is 10.0 Å². The molecule has 0 saturated heterocycles. The summed E-state index contributed by atoms with van der Waals surface area (Å²) < 4.78 is 27.1. The van der Waals surface area contributed by atoms with E-state index in [0.29, 0.717) is 11.4 Å². The van der Waals surface area contributed by atoms with Crippen molar-refractivity contribution in [3.05, 3.63) is 60.8 Å². The van der Waals surface area contributed by atoms with Crippen LogP contribution < -0.4 is 10.5 Å². The number of benzene rings is 2. The van der Waals surface area contributed by atoms with Gasteiger partial charge in [0.1, 0.15) is 0 Å². The van der Waals surface area contributed by atoms with Crippen molar-refractivity contribution in [3.8, 4) is 0 Å². The van der Waals surface area contributed by atoms with E-state index in [0.717, 1.165) is 10.9 Å². The zero-order chi connectivity index (χ0) is 14.9. The van der Waals surface area contributed by atoms with E-state index in [9.17, 15) is 8.42 Å². The van der Waals surface area contributed by atoms with Gasteiger partial charge >= 0.3 is 0 Å². The highest BCUT2D eigenvalue weighted by molar-refractivity contribution is 7.92. The molecular weight excluding hydrogens is 286 g/mol. The molecular formula is C15H13N3O2S. The first-order chi connectivity index (χ1) is 10.0. The Morgan fingerprint density at radius 1 is 1.00 bits per heavy atom. The Morgan fingerprint density at radius 2 is 1.71 bits per heavy atom. The number of hydrogen-bond donors (Lipinski definition) is 2. The maximum Gasteiger partial charge on any atom is 0.261 e. The molecule has 3 aromatic rings. The number of pyridine rings is 1. The van der Waals surface area contributed by atoms with E-state index in [1.165, 1.54) is 18.3 Å². The quantitative estimate of drug-likeness (QED) is 0.728. The van der Waals surface area contributed by atoms with E-state index in [4.69, 9.17) is 5.73 Å². The summed E-state index contributed by atoms with van der Waals surface area (Å²) in [5.74, 6) is 0. The van der Waals surface area contributed by atoms with E-state index in [2.05, 4.69) is 9.71 Å². The number of nitrogens with one attached hydrogen (secondary N) is 1. The first kappa shape index (κ1) is 13.4. The van der Waals surface area contributed by atoms with Gasteiger partial charge in [-0.25, -0.2) is 8.42 Å². The van der Waals surface area contributed by atoms with E-state index >= 15 is 0 Å². The molecule has 0 amide bonds. The number of sulfonamides is 1. The predicted octanol–water partition coefficient (Wildman–Crippen LogP) is 2.62. The topological polar surface area (TPSA) is 85.1 Å². The average molecular weight is 299 g/mol. The lowest BCUT2D eigenvalue weighted by atomic mass is 10.2. The fourth-order valence-corrected chi connectivity index (χ4v) is 3.02. The molecule has 3 rings (SSSR count). The molecule has 5 nitrogen and oxygen atoms in total. The second kappa shape index (κ2) is 5.06. The van der Waals surface area contributed by atoms with Gasteiger partial charge in [-0.3, -0.25) is 9.71 Å². The molecule has 0 bridgehead atoms. The van der Waals surface area contributed by atoms with Crippen molar-refractivity contribution in [3.63, 3.8) is 0 Å². The van der Waals surface area contributed by atoms with Gasteiger partial charge < -0.3 is 5.73 Å². The van der Waals surface area contributed by atoms with Crippen molar-refractivity contribution >= 4 is 32.3 Å². The molecule has 3 N–H and O–H groups in total. The lowest BCUT2D eigenvalue weighted by molar-refractivity contribution is 0.601. The minimum Gasteiger partial charge on any atom is -0.399 e. The fourth-order valence-electron chi connectivity index (χ4n) is 1.99. The van der Waals surface area contributed by atoms with Crippen molar-refractivity contribution < 1.29 is 8.42 Å². The standard InChI is InChI=1S/C15H13N3O2S/c16-12-5-7-14(8-6-12)21(19,20)18-13-9-11-3-1-2-4-15(11)17-10-13/h1-10,18H,16H2. The molecule has 2 aromatic carbocycles. The van der Waals surface area contributed by atoms with Gasteiger partial charge in [0.05, 0.1) is 22.3 Å². The molecule has 0 aliphatic rings. The lowest BCUT2D eigenvalue weighted by Gasteiger charge is -2.08. The molecule has 1 heterocycles. The van der Waals surface area contributed by atoms with Crippen LogP contribution in [0.2, 0.25) is 0 Å². The normalized spacial score (nSPS) is 11.4. The Bertz CT molecular complexity index is 890. The molecule has 0 saturated carbocycles. The van der Waals surface area contributed by atoms with Crippen LogP contribution in [0.15, 0.2) is 65.7 Å². The van der Waals surface area contributed by atoms with E-state index in [-0.39, 0.29) is 4.90 Å². The van der Waals surface area contributed by atoms with Crippen molar-refractivity contribution in [2.45, 2.75) is 4.90 Å². The summed E-state index contributed by atoms with van der Waals surface area (Å²) in [5.41, 5.74) is 7.31. The summed E-state index contributed by atoms with van der Waals surface area (Å²) in [5, 5.41) is 0.870. The molecule has 0 spiro atoms. The number of nitrogens with two attached hydrogens (primary N) is 1. The third-order valence-corrected chi connectivity index (χ3v) is 4.43. The third-order valence-electron chi connectivity index (χ3n) is 3.03. The second-order valence-corrected chi connectivity index (χ2v) is 6.27. The average Bonchev–Trinajstić information content (AvgIpc) is 2.47. The molecule has 21 heavy (non-hydrogen) atoms. The van der Waals surface area contributed by atoms with Crippen LogP contribution in [-0.4, -0.2) is 13.4 Å². The Labute approximate surface area is 122 Å². The molecule has 0 atom stereocenters. The predicted molar refractivity (Wildman–Crippen MR) is 83.4 cm³/mol. The van der Waals surface area contributed by atoms with Gasteiger partial charge in [0.25, 0.3) is 10.0 Å². The SMILES string of the molecule is Nc1ccc(S(=O)(=O)Nc2cnc3ccccc3c2)cc1. The minimum absolute atomic E-state index is 0.157. The van der Waals surface area contributed by atoms with E-state index in [1.807, 2.05) is 24.3 Å². The molecule has 0 aliphatic carbocycles. The highest BCUT2D eigenvalue weighted by Gasteiger charge is 2.14. The highest BCUT2D eigenvalue weighted by Crippen LogP contribution is 2.20. The maximum absolute atomic E-state index is 12.3. The van der Waals surface area contributed by atoms with Crippen LogP contribution in [0, 0.1) is 0 Å². The zero-order valence-corrected chi connectivity index (χ0v) is 11.8. The number of fused-ring (bicyclic) bond motifs is 1. The van der Waals surface area contributed by atoms with Crippen molar-refractivity contribution in [2.24, 2.45) is 0 Å². The monoisotopic (exact) mass is 299 g/mol. The molecule has 6 heteroatoms. The third kappa shape index (κ3) is 2.80. The summed E-state index contributed by atoms with van der Waals surface area (Å²) in [6.07, 6.45) is 1.50. The van der Waals surface area contributed by atoms with Crippen LogP contribution in [0.3, 0.4) is 0 Å². The van der Waals surface area contributed by atoms with Gasteiger partial charge in [0.15, 0.2) is 0 Å². The van der Waals surface area contributed by atoms with Crippen LogP contribution >= 0.6 is 0 Å². The Balaban J connectivity index is 1.95. The number of hydrogen-bond acceptors (Lipinski definition) is 4.